The first-order valence-electron chi connectivity index (χ1n) is 7.29. The number of nitriles is 1. The molecule has 12 heteroatoms. The van der Waals surface area contributed by atoms with Gasteiger partial charge in [-0.15, -0.1) is 11.3 Å². The van der Waals surface area contributed by atoms with E-state index in [1.807, 2.05) is 11.4 Å². The van der Waals surface area contributed by atoms with Gasteiger partial charge in [0.1, 0.15) is 15.9 Å². The fraction of sp³-hybridized carbons (Fsp3) is 0.571. The first-order chi connectivity index (χ1) is 12.0. The van der Waals surface area contributed by atoms with Crippen molar-refractivity contribution in [2.24, 2.45) is 0 Å². The number of ether oxygens (including phenoxy) is 1. The van der Waals surface area contributed by atoms with E-state index in [0.29, 0.717) is 24.0 Å². The molecule has 0 atom stereocenters. The summed E-state index contributed by atoms with van der Waals surface area (Å²) in [5.41, 5.74) is -3.61. The van der Waals surface area contributed by atoms with Crippen LogP contribution < -0.4 is 10.6 Å². The summed E-state index contributed by atoms with van der Waals surface area (Å²) in [6.45, 7) is 0. The molecule has 0 saturated heterocycles. The van der Waals surface area contributed by atoms with E-state index in [-0.39, 0.29) is 17.0 Å². The van der Waals surface area contributed by atoms with Gasteiger partial charge in [0.05, 0.1) is 0 Å². The Kier molecular flexibility index (Phi) is 5.44. The van der Waals surface area contributed by atoms with E-state index in [2.05, 4.69) is 4.74 Å². The molecule has 5 nitrogen and oxygen atoms in total. The average molecular weight is 401 g/mol. The number of hydrogen-bond donors (Lipinski definition) is 2. The third-order valence-corrected chi connectivity index (χ3v) is 5.04. The minimum absolute atomic E-state index is 0.0584. The smallest absolute Gasteiger partial charge is 0.344 e. The number of carbonyl (C=O) groups excluding carboxylic acids is 1. The first-order valence-corrected chi connectivity index (χ1v) is 8.11. The molecule has 1 aliphatic rings. The lowest BCUT2D eigenvalue weighted by Gasteiger charge is -2.35. The van der Waals surface area contributed by atoms with Gasteiger partial charge in [-0.25, -0.2) is 4.79 Å². The van der Waals surface area contributed by atoms with Crippen LogP contribution in [-0.4, -0.2) is 31.2 Å². The molecule has 1 aromatic rings. The number of nitrogens with zero attached hydrogens (tertiary/aromatic N) is 1. The highest BCUT2D eigenvalue weighted by Gasteiger charge is 2.73. The van der Waals surface area contributed by atoms with Crippen LogP contribution in [0.3, 0.4) is 0 Å². The lowest BCUT2D eigenvalue weighted by molar-refractivity contribution is -0.381. The van der Waals surface area contributed by atoms with Gasteiger partial charge in [-0.3, -0.25) is 10.6 Å². The van der Waals surface area contributed by atoms with Gasteiger partial charge < -0.3 is 4.74 Å². The Hall–Kier alpha value is -2.00. The zero-order valence-corrected chi connectivity index (χ0v) is 14.1. The van der Waals surface area contributed by atoms with Crippen LogP contribution in [0.1, 0.15) is 28.8 Å². The molecule has 2 rings (SSSR count). The van der Waals surface area contributed by atoms with Crippen LogP contribution in [0, 0.1) is 11.3 Å². The van der Waals surface area contributed by atoms with E-state index >= 15 is 0 Å². The Balaban J connectivity index is 2.30. The molecule has 1 aromatic heterocycles. The molecule has 0 bridgehead atoms. The molecular weight excluding hydrogens is 388 g/mol. The lowest BCUT2D eigenvalue weighted by atomic mass is 9.93. The Morgan fingerprint density at radius 1 is 1.12 bits per heavy atom. The predicted molar refractivity (Wildman–Crippen MR) is 79.7 cm³/mol. The first kappa shape index (κ1) is 20.3. The summed E-state index contributed by atoms with van der Waals surface area (Å²) in [6.07, 6.45) is -9.31. The molecule has 0 fully saturated rings. The molecule has 26 heavy (non-hydrogen) atoms. The van der Waals surface area contributed by atoms with Gasteiger partial charge in [-0.1, -0.05) is 0 Å². The normalized spacial score (nSPS) is 15.2. The summed E-state index contributed by atoms with van der Waals surface area (Å²) >= 11 is 0.816. The highest BCUT2D eigenvalue weighted by Crippen LogP contribution is 2.44. The van der Waals surface area contributed by atoms with Gasteiger partial charge in [-0.2, -0.15) is 31.6 Å². The van der Waals surface area contributed by atoms with Crippen molar-refractivity contribution in [2.45, 2.75) is 43.8 Å². The summed E-state index contributed by atoms with van der Waals surface area (Å²) in [7, 11) is 0.196. The summed E-state index contributed by atoms with van der Waals surface area (Å²) in [6, 6.07) is 0.183. The molecule has 1 aliphatic carbocycles. The Labute approximate surface area is 147 Å². The van der Waals surface area contributed by atoms with E-state index in [9.17, 15) is 31.1 Å². The van der Waals surface area contributed by atoms with Crippen molar-refractivity contribution in [3.05, 3.63) is 16.0 Å². The second kappa shape index (κ2) is 6.96. The zero-order chi connectivity index (χ0) is 19.8. The zero-order valence-electron chi connectivity index (χ0n) is 13.3. The predicted octanol–water partition coefficient (Wildman–Crippen LogP) is 4.09. The van der Waals surface area contributed by atoms with Crippen LogP contribution in [0.15, 0.2) is 0 Å². The fourth-order valence-electron chi connectivity index (χ4n) is 2.70. The molecule has 0 saturated carbocycles. The minimum atomic E-state index is -5.94. The molecule has 2 N–H and O–H groups in total. The molecule has 144 valence electrons. The number of rotatable bonds is 3. The standard InChI is InChI=1S/C14H13F6N3O2S/c1-25-12(13(15,16)17,14(18,19)20)23-11(24)22-10-8-5-3-2-4-7(8)9(6-21)26-10/h2-5H2,1H3,(H2,22,23,24). The van der Waals surface area contributed by atoms with E-state index < -0.39 is 24.1 Å². The van der Waals surface area contributed by atoms with E-state index in [1.54, 1.807) is 0 Å². The van der Waals surface area contributed by atoms with Crippen molar-refractivity contribution < 1.29 is 35.9 Å². The Morgan fingerprint density at radius 2 is 1.65 bits per heavy atom. The van der Waals surface area contributed by atoms with Crippen LogP contribution in [0.5, 0.6) is 0 Å². The average Bonchev–Trinajstić information content (AvgIpc) is 2.88. The molecule has 0 aromatic carbocycles. The molecule has 0 spiro atoms. The summed E-state index contributed by atoms with van der Waals surface area (Å²) in [5, 5.41) is 12.0. The topological polar surface area (TPSA) is 74.2 Å². The monoisotopic (exact) mass is 401 g/mol. The number of nitrogens with one attached hydrogen (secondary N) is 2. The molecule has 0 radical (unpaired) electrons. The molecular formula is C14H13F6N3O2S. The van der Waals surface area contributed by atoms with Crippen LogP contribution in [0.2, 0.25) is 0 Å². The maximum Gasteiger partial charge on any atom is 0.446 e. The van der Waals surface area contributed by atoms with Gasteiger partial charge in [0.25, 0.3) is 0 Å². The van der Waals surface area contributed by atoms with Crippen LogP contribution >= 0.6 is 11.3 Å². The number of carbonyl (C=O) groups is 1. The quantitative estimate of drug-likeness (QED) is 0.592. The number of methoxy groups -OCH3 is 1. The summed E-state index contributed by atoms with van der Waals surface area (Å²) in [4.78, 5) is 12.2. The number of urea groups is 1. The van der Waals surface area contributed by atoms with Gasteiger partial charge >= 0.3 is 24.1 Å². The van der Waals surface area contributed by atoms with Gasteiger partial charge in [0.15, 0.2) is 0 Å². The van der Waals surface area contributed by atoms with Crippen molar-refractivity contribution in [2.75, 3.05) is 12.4 Å². The van der Waals surface area contributed by atoms with Gasteiger partial charge in [0, 0.05) is 7.11 Å². The van der Waals surface area contributed by atoms with Crippen LogP contribution in [0.25, 0.3) is 0 Å². The Bertz CT molecular complexity index is 721. The number of thiophene rings is 1. The molecule has 2 amide bonds. The molecule has 0 aliphatic heterocycles. The van der Waals surface area contributed by atoms with E-state index in [0.717, 1.165) is 29.5 Å². The maximum atomic E-state index is 13.0. The van der Waals surface area contributed by atoms with Crippen LogP contribution in [0.4, 0.5) is 36.1 Å². The molecule has 0 unspecified atom stereocenters. The maximum absolute atomic E-state index is 13.0. The lowest BCUT2D eigenvalue weighted by Crippen LogP contribution is -2.69. The number of halogens is 6. The van der Waals surface area contributed by atoms with Crippen molar-refractivity contribution in [1.29, 1.82) is 5.26 Å². The van der Waals surface area contributed by atoms with Crippen molar-refractivity contribution in [3.8, 4) is 6.07 Å². The van der Waals surface area contributed by atoms with E-state index in [1.165, 1.54) is 0 Å². The van der Waals surface area contributed by atoms with Crippen molar-refractivity contribution >= 4 is 22.4 Å². The second-order valence-corrected chi connectivity index (χ2v) is 6.52. The summed E-state index contributed by atoms with van der Waals surface area (Å²) in [5.74, 6) is 0. The van der Waals surface area contributed by atoms with Crippen molar-refractivity contribution in [3.63, 3.8) is 0 Å². The van der Waals surface area contributed by atoms with Crippen LogP contribution in [-0.2, 0) is 17.6 Å². The highest BCUT2D eigenvalue weighted by atomic mass is 32.1. The minimum Gasteiger partial charge on any atom is -0.344 e. The largest absolute Gasteiger partial charge is 0.446 e. The third kappa shape index (κ3) is 3.45. The van der Waals surface area contributed by atoms with Crippen molar-refractivity contribution in [1.82, 2.24) is 5.32 Å². The number of fused-ring (bicyclic) bond motifs is 1. The van der Waals surface area contributed by atoms with Gasteiger partial charge in [-0.05, 0) is 36.8 Å². The number of alkyl halides is 6. The fourth-order valence-corrected chi connectivity index (χ4v) is 3.79. The Morgan fingerprint density at radius 3 is 2.12 bits per heavy atom. The SMILES string of the molecule is COC(NC(=O)Nc1sc(C#N)c2c1CCCC2)(C(F)(F)F)C(F)(F)F. The highest BCUT2D eigenvalue weighted by molar-refractivity contribution is 7.17. The number of anilines is 1. The molecule has 1 heterocycles. The van der Waals surface area contributed by atoms with Gasteiger partial charge in [0.2, 0.25) is 0 Å². The summed E-state index contributed by atoms with van der Waals surface area (Å²) < 4.78 is 81.5. The second-order valence-electron chi connectivity index (χ2n) is 5.50. The number of hydrogen-bond acceptors (Lipinski definition) is 4. The third-order valence-electron chi connectivity index (χ3n) is 3.94. The van der Waals surface area contributed by atoms with E-state index in [4.69, 9.17) is 5.26 Å². The number of amides is 2.